The topological polar surface area (TPSA) is 44.4 Å². The molecular weight excluding hydrogens is 927 g/mol. The minimum absolute atomic E-state index is 0. The highest BCUT2D eigenvalue weighted by Gasteiger charge is 2.34. The standard InChI is InChI=1S/C57H76N6P.HI/c1-19-64(18,58-56-60(52-44(36(2)3)24-20-25-45(52)37(4)5)32-33-61(56)53-46(38(6)7)26-21-27-47(53)39(8)9)59-57-62(54-48(40(10)11)28-22-29-49(54)41(12)13)34-35-63(57)55-50(42(14)15)30-23-31-51(55)43(16)17;/h1,20-43H,2-18H3;1H/q+1;/p-1. The van der Waals surface area contributed by atoms with Gasteiger partial charge in [-0.05, 0) is 101 Å². The van der Waals surface area contributed by atoms with Crippen molar-refractivity contribution in [3.05, 3.63) is 153 Å². The van der Waals surface area contributed by atoms with Crippen LogP contribution in [0.2, 0.25) is 0 Å². The number of para-hydroxylation sites is 4. The van der Waals surface area contributed by atoms with Gasteiger partial charge in [0.1, 0.15) is 12.3 Å². The van der Waals surface area contributed by atoms with Crippen LogP contribution in [0, 0.1) is 12.1 Å². The van der Waals surface area contributed by atoms with Crippen LogP contribution in [-0.4, -0.2) is 24.9 Å². The fraction of sp³-hybridized carbons (Fsp3) is 0.439. The van der Waals surface area contributed by atoms with Gasteiger partial charge in [0.05, 0.1) is 22.7 Å². The molecule has 0 aliphatic heterocycles. The molecule has 0 saturated heterocycles. The van der Waals surface area contributed by atoms with E-state index in [0.717, 1.165) is 11.2 Å². The molecule has 0 fully saturated rings. The van der Waals surface area contributed by atoms with E-state index in [-0.39, 0.29) is 71.3 Å². The Morgan fingerprint density at radius 2 is 0.538 bits per heavy atom. The molecule has 0 spiro atoms. The second kappa shape index (κ2) is 21.1. The summed E-state index contributed by atoms with van der Waals surface area (Å²) < 4.78 is 21.1. The molecule has 6 nitrogen and oxygen atoms in total. The van der Waals surface area contributed by atoms with Crippen molar-refractivity contribution >= 4 is 7.56 Å². The molecule has 0 saturated carbocycles. The second-order valence-electron chi connectivity index (χ2n) is 20.3. The van der Waals surface area contributed by atoms with Crippen molar-refractivity contribution in [1.82, 2.24) is 18.3 Å². The van der Waals surface area contributed by atoms with Gasteiger partial charge in [-0.15, -0.1) is 0 Å². The number of halogens is 1. The van der Waals surface area contributed by atoms with Gasteiger partial charge in [0, 0.05) is 24.8 Å². The predicted octanol–water partition coefficient (Wildman–Crippen LogP) is 12.4. The Morgan fingerprint density at radius 3 is 0.677 bits per heavy atom. The maximum Gasteiger partial charge on any atom is 0.330 e. The summed E-state index contributed by atoms with van der Waals surface area (Å²) in [6, 6.07) is 27.0. The predicted molar refractivity (Wildman–Crippen MR) is 276 cm³/mol. The zero-order valence-electron chi connectivity index (χ0n) is 42.4. The van der Waals surface area contributed by atoms with Gasteiger partial charge in [0.2, 0.25) is 0 Å². The lowest BCUT2D eigenvalue weighted by molar-refractivity contribution is -0.0000144. The van der Waals surface area contributed by atoms with E-state index in [0.29, 0.717) is 0 Å². The molecule has 6 aromatic rings. The lowest BCUT2D eigenvalue weighted by Crippen LogP contribution is -3.00. The van der Waals surface area contributed by atoms with Crippen molar-refractivity contribution in [2.75, 3.05) is 6.66 Å². The number of imidazole rings is 2. The third-order valence-corrected chi connectivity index (χ3v) is 14.4. The molecule has 6 rings (SSSR count). The molecule has 8 heteroatoms. The van der Waals surface area contributed by atoms with Crippen LogP contribution in [-0.2, 0) is 0 Å². The van der Waals surface area contributed by atoms with E-state index in [1.165, 1.54) is 67.3 Å². The first kappa shape index (κ1) is 51.6. The molecule has 0 radical (unpaired) electrons. The first-order valence-corrected chi connectivity index (χ1v) is 26.0. The molecular formula is C57H76IN6P. The molecule has 0 aliphatic rings. The summed E-state index contributed by atoms with van der Waals surface area (Å²) in [7, 11) is -3.03. The highest BCUT2D eigenvalue weighted by molar-refractivity contribution is 7.77. The van der Waals surface area contributed by atoms with Crippen molar-refractivity contribution in [2.45, 2.75) is 158 Å². The van der Waals surface area contributed by atoms with Crippen molar-refractivity contribution in [2.24, 2.45) is 9.53 Å². The number of hydrogen-bond donors (Lipinski definition) is 0. The van der Waals surface area contributed by atoms with Crippen LogP contribution < -0.4 is 35.2 Å². The third-order valence-electron chi connectivity index (χ3n) is 12.7. The average Bonchev–Trinajstić information content (AvgIpc) is 3.85. The summed E-state index contributed by atoms with van der Waals surface area (Å²) in [4.78, 5) is 0. The smallest absolute Gasteiger partial charge is 0.330 e. The molecule has 0 N–H and O–H groups in total. The molecule has 0 bridgehead atoms. The molecule has 0 aliphatic carbocycles. The van der Waals surface area contributed by atoms with Gasteiger partial charge in [0.25, 0.3) is 11.2 Å². The van der Waals surface area contributed by atoms with E-state index in [2.05, 4.69) is 239 Å². The Hall–Kier alpha value is -4.38. The minimum Gasteiger partial charge on any atom is -1.00 e. The van der Waals surface area contributed by atoms with Crippen LogP contribution in [0.3, 0.4) is 0 Å². The fourth-order valence-corrected chi connectivity index (χ4v) is 10.5. The summed E-state index contributed by atoms with van der Waals surface area (Å²) in [5.74, 6) is 2.22. The van der Waals surface area contributed by atoms with Gasteiger partial charge >= 0.3 is 7.56 Å². The van der Waals surface area contributed by atoms with E-state index >= 15 is 0 Å². The summed E-state index contributed by atoms with van der Waals surface area (Å²) in [5, 5.41) is 0. The monoisotopic (exact) mass is 1000 g/mol. The fourth-order valence-electron chi connectivity index (χ4n) is 9.24. The van der Waals surface area contributed by atoms with Gasteiger partial charge in [0.15, 0.2) is 0 Å². The Balaban J connectivity index is 0.00000793. The molecule has 0 amide bonds. The zero-order valence-corrected chi connectivity index (χ0v) is 45.5. The number of terminal acetylenes is 1. The minimum atomic E-state index is -3.03. The second-order valence-corrected chi connectivity index (χ2v) is 22.8. The van der Waals surface area contributed by atoms with Crippen molar-refractivity contribution in [3.8, 4) is 34.8 Å². The summed E-state index contributed by atoms with van der Waals surface area (Å²) in [6.45, 7) is 38.6. The Bertz CT molecular complexity index is 2340. The quantitative estimate of drug-likeness (QED) is 0.0593. The van der Waals surface area contributed by atoms with Gasteiger partial charge in [-0.1, -0.05) is 190 Å². The molecule has 0 atom stereocenters. The molecule has 2 aromatic heterocycles. The van der Waals surface area contributed by atoms with Crippen LogP contribution in [0.1, 0.15) is 203 Å². The number of nitrogens with zero attached hydrogens (tertiary/aromatic N) is 6. The van der Waals surface area contributed by atoms with Crippen LogP contribution in [0.25, 0.3) is 22.7 Å². The van der Waals surface area contributed by atoms with E-state index in [1.54, 1.807) is 0 Å². The van der Waals surface area contributed by atoms with E-state index < -0.39 is 7.56 Å². The molecule has 4 aromatic carbocycles. The number of aromatic nitrogens is 4. The highest BCUT2D eigenvalue weighted by atomic mass is 127. The normalized spacial score (nSPS) is 12.1. The van der Waals surface area contributed by atoms with Crippen molar-refractivity contribution in [3.63, 3.8) is 0 Å². The lowest BCUT2D eigenvalue weighted by atomic mass is 9.92. The first-order valence-electron chi connectivity index (χ1n) is 23.8. The average molecular weight is 1000 g/mol. The maximum absolute atomic E-state index is 6.90. The number of benzene rings is 4. The third kappa shape index (κ3) is 10.3. The molecule has 346 valence electrons. The molecule has 65 heavy (non-hydrogen) atoms. The summed E-state index contributed by atoms with van der Waals surface area (Å²) in [5.41, 5.74) is 19.7. The van der Waals surface area contributed by atoms with E-state index in [9.17, 15) is 0 Å². The Labute approximate surface area is 409 Å². The first-order chi connectivity index (χ1) is 30.2. The van der Waals surface area contributed by atoms with Crippen molar-refractivity contribution < 1.29 is 24.0 Å². The number of rotatable bonds is 14. The Kier molecular flexibility index (Phi) is 16.7. The Morgan fingerprint density at radius 1 is 0.369 bits per heavy atom. The van der Waals surface area contributed by atoms with Gasteiger partial charge < -0.3 is 24.0 Å². The van der Waals surface area contributed by atoms with E-state index in [1.807, 2.05) is 0 Å². The van der Waals surface area contributed by atoms with Crippen LogP contribution in [0.4, 0.5) is 0 Å². The van der Waals surface area contributed by atoms with Gasteiger partial charge in [-0.2, -0.15) is 0 Å². The van der Waals surface area contributed by atoms with Crippen LogP contribution in [0.15, 0.2) is 107 Å². The molecule has 0 unspecified atom stereocenters. The lowest BCUT2D eigenvalue weighted by Gasteiger charge is -2.23. The largest absolute Gasteiger partial charge is 1.00 e. The van der Waals surface area contributed by atoms with Gasteiger partial charge in [-0.25, -0.2) is 0 Å². The maximum atomic E-state index is 6.90. The zero-order chi connectivity index (χ0) is 46.9. The number of hydrogen-bond acceptors (Lipinski definition) is 2. The van der Waals surface area contributed by atoms with Crippen LogP contribution >= 0.6 is 7.56 Å². The van der Waals surface area contributed by atoms with Crippen molar-refractivity contribution in [1.29, 1.82) is 0 Å². The van der Waals surface area contributed by atoms with Gasteiger partial charge in [-0.3, -0.25) is 18.3 Å². The van der Waals surface area contributed by atoms with Crippen LogP contribution in [0.5, 0.6) is 0 Å². The highest BCUT2D eigenvalue weighted by Crippen LogP contribution is 2.56. The summed E-state index contributed by atoms with van der Waals surface area (Å²) in [6.07, 6.45) is 15.7. The molecule has 2 heterocycles. The SMILES string of the molecule is C#C[P+](C)(N=c1n(-c2c(C(C)C)cccc2C(C)C)ccn1-c1c(C(C)C)cccc1C(C)C)N=c1n(-c2c(C(C)C)cccc2C(C)C)ccn1-c1c(C(C)C)cccc1C(C)C.[I-]. The summed E-state index contributed by atoms with van der Waals surface area (Å²) >= 11 is 0. The van der Waals surface area contributed by atoms with E-state index in [4.69, 9.17) is 15.9 Å².